The Bertz CT molecular complexity index is 1410. The molecule has 2 aromatic heterocycles. The van der Waals surface area contributed by atoms with Crippen LogP contribution in [0.4, 0.5) is 11.6 Å². The molecule has 0 fully saturated rings. The maximum atomic E-state index is 12.5. The van der Waals surface area contributed by atoms with Crippen molar-refractivity contribution in [3.63, 3.8) is 0 Å². The average molecular weight is 499 g/mol. The highest BCUT2D eigenvalue weighted by atomic mass is 35.5. The van der Waals surface area contributed by atoms with Crippen LogP contribution < -0.4 is 14.8 Å². The molecule has 9 nitrogen and oxygen atoms in total. The quantitative estimate of drug-likeness (QED) is 0.362. The molecule has 1 amide bonds. The zero-order valence-corrected chi connectivity index (χ0v) is 19.4. The smallest absolute Gasteiger partial charge is 0.291 e. The number of halogens is 1. The van der Waals surface area contributed by atoms with Crippen molar-refractivity contribution in [2.75, 3.05) is 10.0 Å². The second-order valence-electron chi connectivity index (χ2n) is 7.12. The normalized spacial score (nSPS) is 11.1. The minimum Gasteiger partial charge on any atom is -0.485 e. The Morgan fingerprint density at radius 2 is 1.79 bits per heavy atom. The van der Waals surface area contributed by atoms with Crippen molar-refractivity contribution in [3.8, 4) is 5.75 Å². The summed E-state index contributed by atoms with van der Waals surface area (Å²) < 4.78 is 38.5. The van der Waals surface area contributed by atoms with E-state index in [1.807, 2.05) is 6.92 Å². The molecule has 174 valence electrons. The first-order valence-electron chi connectivity index (χ1n) is 9.99. The van der Waals surface area contributed by atoms with Crippen LogP contribution in [0.2, 0.25) is 5.02 Å². The molecule has 0 bridgehead atoms. The van der Waals surface area contributed by atoms with Gasteiger partial charge in [-0.1, -0.05) is 11.6 Å². The number of carbonyl (C=O) groups is 1. The molecule has 0 aliphatic carbocycles. The summed E-state index contributed by atoms with van der Waals surface area (Å²) in [6.45, 7) is 2.02. The van der Waals surface area contributed by atoms with Gasteiger partial charge >= 0.3 is 0 Å². The molecule has 0 aliphatic heterocycles. The van der Waals surface area contributed by atoms with Gasteiger partial charge in [0.1, 0.15) is 18.1 Å². The molecule has 0 spiro atoms. The van der Waals surface area contributed by atoms with E-state index >= 15 is 0 Å². The number of furan rings is 1. The number of ether oxygens (including phenoxy) is 1. The summed E-state index contributed by atoms with van der Waals surface area (Å²) in [4.78, 5) is 20.2. The van der Waals surface area contributed by atoms with Crippen molar-refractivity contribution in [2.45, 2.75) is 18.4 Å². The number of anilines is 2. The summed E-state index contributed by atoms with van der Waals surface area (Å²) >= 11 is 5.95. The molecule has 0 atom stereocenters. The second kappa shape index (κ2) is 9.94. The average Bonchev–Trinajstić information content (AvgIpc) is 3.29. The monoisotopic (exact) mass is 498 g/mol. The highest BCUT2D eigenvalue weighted by Crippen LogP contribution is 2.23. The number of nitrogens with zero attached hydrogens (tertiary/aromatic N) is 2. The predicted octanol–water partition coefficient (Wildman–Crippen LogP) is 4.66. The molecule has 0 saturated heterocycles. The predicted molar refractivity (Wildman–Crippen MR) is 126 cm³/mol. The Hall–Kier alpha value is -3.89. The zero-order chi connectivity index (χ0) is 24.1. The highest BCUT2D eigenvalue weighted by Gasteiger charge is 2.17. The molecule has 2 heterocycles. The van der Waals surface area contributed by atoms with E-state index in [0.717, 1.165) is 5.56 Å². The lowest BCUT2D eigenvalue weighted by atomic mass is 10.2. The van der Waals surface area contributed by atoms with Crippen LogP contribution in [0.1, 0.15) is 21.9 Å². The minimum absolute atomic E-state index is 0.00659. The van der Waals surface area contributed by atoms with Crippen molar-refractivity contribution < 1.29 is 22.4 Å². The molecule has 0 saturated carbocycles. The summed E-state index contributed by atoms with van der Waals surface area (Å²) in [6.07, 6.45) is 2.85. The van der Waals surface area contributed by atoms with Gasteiger partial charge in [0.05, 0.1) is 4.90 Å². The van der Waals surface area contributed by atoms with Crippen molar-refractivity contribution in [1.82, 2.24) is 9.97 Å². The van der Waals surface area contributed by atoms with E-state index < -0.39 is 15.9 Å². The van der Waals surface area contributed by atoms with Crippen LogP contribution in [0.5, 0.6) is 5.75 Å². The van der Waals surface area contributed by atoms with Gasteiger partial charge in [0, 0.05) is 23.1 Å². The summed E-state index contributed by atoms with van der Waals surface area (Å²) in [5.74, 6) is 0.695. The lowest BCUT2D eigenvalue weighted by Crippen LogP contribution is -2.15. The van der Waals surface area contributed by atoms with E-state index in [-0.39, 0.29) is 23.2 Å². The summed E-state index contributed by atoms with van der Waals surface area (Å²) in [5.41, 5.74) is 1.28. The number of hydrogen-bond acceptors (Lipinski definition) is 7. The van der Waals surface area contributed by atoms with Gasteiger partial charge in [-0.25, -0.2) is 23.1 Å². The van der Waals surface area contributed by atoms with Crippen LogP contribution in [-0.2, 0) is 16.6 Å². The van der Waals surface area contributed by atoms with Gasteiger partial charge in [0.2, 0.25) is 5.95 Å². The van der Waals surface area contributed by atoms with E-state index in [2.05, 4.69) is 20.0 Å². The second-order valence-corrected chi connectivity index (χ2v) is 9.24. The molecule has 2 N–H and O–H groups in total. The van der Waals surface area contributed by atoms with Crippen LogP contribution in [0.15, 0.2) is 82.4 Å². The zero-order valence-electron chi connectivity index (χ0n) is 17.9. The molecule has 0 aliphatic rings. The van der Waals surface area contributed by atoms with Crippen LogP contribution in [0, 0.1) is 6.92 Å². The SMILES string of the molecule is Cc1cc(Cl)ccc1OCc1ccc(C(=O)Nc2ccc(S(=O)(=O)Nc3ncccn3)cc2)o1. The van der Waals surface area contributed by atoms with E-state index in [1.165, 1.54) is 42.7 Å². The van der Waals surface area contributed by atoms with E-state index in [0.29, 0.717) is 22.2 Å². The van der Waals surface area contributed by atoms with Crippen LogP contribution in [-0.4, -0.2) is 24.3 Å². The lowest BCUT2D eigenvalue weighted by Gasteiger charge is -2.08. The van der Waals surface area contributed by atoms with Crippen molar-refractivity contribution in [1.29, 1.82) is 0 Å². The highest BCUT2D eigenvalue weighted by molar-refractivity contribution is 7.92. The van der Waals surface area contributed by atoms with Gasteiger partial charge in [-0.15, -0.1) is 0 Å². The molecular formula is C23H19ClN4O5S. The lowest BCUT2D eigenvalue weighted by molar-refractivity contribution is 0.0992. The van der Waals surface area contributed by atoms with Crippen LogP contribution >= 0.6 is 11.6 Å². The fraction of sp³-hybridized carbons (Fsp3) is 0.0870. The summed E-state index contributed by atoms with van der Waals surface area (Å²) in [5, 5.41) is 3.28. The Morgan fingerprint density at radius 1 is 1.06 bits per heavy atom. The topological polar surface area (TPSA) is 123 Å². The van der Waals surface area contributed by atoms with Crippen molar-refractivity contribution >= 4 is 39.2 Å². The third-order valence-corrected chi connectivity index (χ3v) is 6.19. The fourth-order valence-corrected chi connectivity index (χ4v) is 4.13. The first-order chi connectivity index (χ1) is 16.3. The molecular weight excluding hydrogens is 480 g/mol. The van der Waals surface area contributed by atoms with E-state index in [1.54, 1.807) is 30.3 Å². The van der Waals surface area contributed by atoms with E-state index in [9.17, 15) is 13.2 Å². The Labute approximate surface area is 200 Å². The molecule has 11 heteroatoms. The third-order valence-electron chi connectivity index (χ3n) is 4.61. The number of rotatable bonds is 8. The maximum Gasteiger partial charge on any atom is 0.291 e. The number of benzene rings is 2. The Morgan fingerprint density at radius 3 is 2.50 bits per heavy atom. The van der Waals surface area contributed by atoms with Gasteiger partial charge in [0.25, 0.3) is 15.9 Å². The standard InChI is InChI=1S/C23H19ClN4O5S/c1-15-13-16(24)3-9-20(15)32-14-18-6-10-21(33-18)22(29)27-17-4-7-19(8-5-17)34(30,31)28-23-25-11-2-12-26-23/h2-13H,14H2,1H3,(H,27,29)(H,25,26,28). The summed E-state index contributed by atoms with van der Waals surface area (Å²) in [6, 6.07) is 15.7. The first kappa shape index (κ1) is 23.3. The van der Waals surface area contributed by atoms with Crippen molar-refractivity contribution in [3.05, 3.63) is 95.2 Å². The van der Waals surface area contributed by atoms with Crippen molar-refractivity contribution in [2.24, 2.45) is 0 Å². The molecule has 2 aromatic carbocycles. The van der Waals surface area contributed by atoms with Crippen LogP contribution in [0.25, 0.3) is 0 Å². The molecule has 0 unspecified atom stereocenters. The van der Waals surface area contributed by atoms with Gasteiger partial charge in [-0.05, 0) is 73.2 Å². The molecule has 34 heavy (non-hydrogen) atoms. The summed E-state index contributed by atoms with van der Waals surface area (Å²) in [7, 11) is -3.87. The van der Waals surface area contributed by atoms with Gasteiger partial charge in [-0.3, -0.25) is 4.79 Å². The maximum absolute atomic E-state index is 12.5. The Balaban J connectivity index is 1.36. The largest absolute Gasteiger partial charge is 0.485 e. The van der Waals surface area contributed by atoms with Gasteiger partial charge in [0.15, 0.2) is 5.76 Å². The van der Waals surface area contributed by atoms with Crippen LogP contribution in [0.3, 0.4) is 0 Å². The first-order valence-corrected chi connectivity index (χ1v) is 11.9. The van der Waals surface area contributed by atoms with Gasteiger partial charge in [-0.2, -0.15) is 0 Å². The number of sulfonamides is 1. The molecule has 0 radical (unpaired) electrons. The number of amides is 1. The number of aromatic nitrogens is 2. The molecule has 4 rings (SSSR count). The number of carbonyl (C=O) groups excluding carboxylic acids is 1. The fourth-order valence-electron chi connectivity index (χ4n) is 2.94. The van der Waals surface area contributed by atoms with E-state index in [4.69, 9.17) is 20.8 Å². The molecule has 4 aromatic rings. The Kier molecular flexibility index (Phi) is 6.80. The minimum atomic E-state index is -3.87. The number of hydrogen-bond donors (Lipinski definition) is 2. The third kappa shape index (κ3) is 5.72. The number of aryl methyl sites for hydroxylation is 1. The van der Waals surface area contributed by atoms with Gasteiger partial charge < -0.3 is 14.5 Å². The number of nitrogens with one attached hydrogen (secondary N) is 2.